The van der Waals surface area contributed by atoms with E-state index >= 15 is 0 Å². The van der Waals surface area contributed by atoms with Gasteiger partial charge in [0.2, 0.25) is 5.13 Å². The van der Waals surface area contributed by atoms with E-state index in [1.807, 2.05) is 25.1 Å². The maximum Gasteiger partial charge on any atom is 0.231 e. The molecular weight excluding hydrogens is 412 g/mol. The second-order valence-electron chi connectivity index (χ2n) is 6.06. The number of aryl methyl sites for hydroxylation is 1. The van der Waals surface area contributed by atoms with Gasteiger partial charge in [0, 0.05) is 19.2 Å². The normalized spacial score (nSPS) is 11.5. The first-order valence-electron chi connectivity index (χ1n) is 9.00. The van der Waals surface area contributed by atoms with Gasteiger partial charge in [0.05, 0.1) is 40.0 Å². The number of anilines is 1. The lowest BCUT2D eigenvalue weighted by atomic mass is 10.2. The summed E-state index contributed by atoms with van der Waals surface area (Å²) in [5.74, 6) is 0.664. The van der Waals surface area contributed by atoms with E-state index in [0.29, 0.717) is 21.5 Å². The monoisotopic (exact) mass is 434 g/mol. The van der Waals surface area contributed by atoms with Gasteiger partial charge in [-0.05, 0) is 44.5 Å². The van der Waals surface area contributed by atoms with Gasteiger partial charge in [0.1, 0.15) is 11.4 Å². The minimum atomic E-state index is 0.509. The summed E-state index contributed by atoms with van der Waals surface area (Å²) in [4.78, 5) is 7.24. The van der Waals surface area contributed by atoms with Crippen LogP contribution in [-0.2, 0) is 9.37 Å². The van der Waals surface area contributed by atoms with E-state index in [1.165, 1.54) is 16.9 Å². The van der Waals surface area contributed by atoms with Crippen LogP contribution < -0.4 is 9.64 Å². The van der Waals surface area contributed by atoms with Crippen molar-refractivity contribution in [1.29, 1.82) is 0 Å². The lowest BCUT2D eigenvalue weighted by molar-refractivity contribution is -0.432. The third-order valence-corrected chi connectivity index (χ3v) is 5.83. The first-order chi connectivity index (χ1) is 14.1. The van der Waals surface area contributed by atoms with E-state index in [4.69, 9.17) is 9.99 Å². The number of fused-ring (bicyclic) bond motifs is 1. The maximum absolute atomic E-state index is 8.56. The van der Waals surface area contributed by atoms with Crippen molar-refractivity contribution in [2.24, 2.45) is 10.2 Å². The molecule has 0 unspecified atom stereocenters. The van der Waals surface area contributed by atoms with Crippen molar-refractivity contribution in [1.82, 2.24) is 4.98 Å². The Morgan fingerprint density at radius 2 is 1.97 bits per heavy atom. The van der Waals surface area contributed by atoms with E-state index in [1.54, 1.807) is 13.2 Å². The Morgan fingerprint density at radius 3 is 2.66 bits per heavy atom. The Bertz CT molecular complexity index is 1010. The maximum atomic E-state index is 8.56. The van der Waals surface area contributed by atoms with E-state index in [-0.39, 0.29) is 0 Å². The summed E-state index contributed by atoms with van der Waals surface area (Å²) in [5, 5.41) is 21.5. The number of rotatable bonds is 9. The molecule has 10 heteroatoms. The minimum absolute atomic E-state index is 0.509. The Hall–Kier alpha value is -2.24. The van der Waals surface area contributed by atoms with Gasteiger partial charge in [-0.3, -0.25) is 0 Å². The van der Waals surface area contributed by atoms with Gasteiger partial charge in [-0.2, -0.15) is 0 Å². The van der Waals surface area contributed by atoms with Crippen molar-refractivity contribution < 1.29 is 19.4 Å². The highest BCUT2D eigenvalue weighted by Crippen LogP contribution is 2.41. The fourth-order valence-corrected chi connectivity index (χ4v) is 4.20. The molecule has 8 nitrogen and oxygen atoms in total. The lowest BCUT2D eigenvalue weighted by Gasteiger charge is -2.24. The fraction of sp³-hybridized carbons (Fsp3) is 0.316. The molecule has 2 aromatic carbocycles. The molecule has 1 N–H and O–H groups in total. The molecule has 0 saturated heterocycles. The summed E-state index contributed by atoms with van der Waals surface area (Å²) in [5.41, 5.74) is 3.45. The highest BCUT2D eigenvalue weighted by molar-refractivity contribution is 7.94. The Morgan fingerprint density at radius 1 is 1.17 bits per heavy atom. The lowest BCUT2D eigenvalue weighted by Crippen LogP contribution is -2.22. The Kier molecular flexibility index (Phi) is 7.40. The molecule has 29 heavy (non-hydrogen) atoms. The predicted molar refractivity (Wildman–Crippen MR) is 116 cm³/mol. The van der Waals surface area contributed by atoms with E-state index in [0.717, 1.165) is 41.0 Å². The predicted octanol–water partition coefficient (Wildman–Crippen LogP) is 6.30. The smallest absolute Gasteiger partial charge is 0.231 e. The van der Waals surface area contributed by atoms with Crippen molar-refractivity contribution in [2.75, 3.05) is 25.1 Å². The fourth-order valence-electron chi connectivity index (χ4n) is 2.87. The van der Waals surface area contributed by atoms with Crippen LogP contribution in [0.4, 0.5) is 16.5 Å². The van der Waals surface area contributed by atoms with Crippen LogP contribution in [0.3, 0.4) is 0 Å². The number of thiazole rings is 1. The molecule has 0 bridgehead atoms. The number of nitrogens with zero attached hydrogens (tertiary/aromatic N) is 4. The quantitative estimate of drug-likeness (QED) is 0.183. The van der Waals surface area contributed by atoms with Crippen LogP contribution >= 0.6 is 23.4 Å². The molecule has 0 aliphatic carbocycles. The average Bonchev–Trinajstić information content (AvgIpc) is 3.14. The zero-order valence-electron chi connectivity index (χ0n) is 16.6. The molecule has 0 amide bonds. The molecule has 0 spiro atoms. The summed E-state index contributed by atoms with van der Waals surface area (Å²) < 4.78 is 11.3. The third-order valence-electron chi connectivity index (χ3n) is 4.29. The molecule has 154 valence electrons. The first kappa shape index (κ1) is 21.5. The van der Waals surface area contributed by atoms with E-state index in [2.05, 4.69) is 49.4 Å². The van der Waals surface area contributed by atoms with Gasteiger partial charge in [-0.25, -0.2) is 10.2 Å². The van der Waals surface area contributed by atoms with Crippen molar-refractivity contribution in [3.63, 3.8) is 0 Å². The third kappa shape index (κ3) is 5.03. The highest BCUT2D eigenvalue weighted by Gasteiger charge is 2.16. The largest absolute Gasteiger partial charge is 0.495 e. The number of ether oxygens (including phenoxy) is 1. The van der Waals surface area contributed by atoms with Crippen LogP contribution in [0, 0.1) is 6.92 Å². The molecule has 0 fully saturated rings. The minimum Gasteiger partial charge on any atom is -0.495 e. The summed E-state index contributed by atoms with van der Waals surface area (Å²) >= 11 is 2.30. The number of aromatic nitrogens is 1. The topological polar surface area (TPSA) is 88.8 Å². The van der Waals surface area contributed by atoms with Crippen LogP contribution in [0.25, 0.3) is 10.2 Å². The molecule has 0 radical (unpaired) electrons. The number of hydrogen-bond donors (Lipinski definition) is 1. The zero-order chi connectivity index (χ0) is 20.8. The standard InChI is InChI=1S/C19H22N4O4S2/c1-5-23(6-2)15-11-18(29-27-26-24)14(10-16(15)25-4)21-22-19-20-13-8-7-12(3)9-17(13)28-19/h7-11,24H,5-6H2,1-4H3/b22-21+. The molecule has 0 aliphatic rings. The van der Waals surface area contributed by atoms with E-state index in [9.17, 15) is 0 Å². The van der Waals surface area contributed by atoms with Gasteiger partial charge < -0.3 is 9.64 Å². The van der Waals surface area contributed by atoms with Gasteiger partial charge >= 0.3 is 0 Å². The molecule has 3 aromatic rings. The second kappa shape index (κ2) is 9.99. The first-order valence-corrected chi connectivity index (χ1v) is 10.6. The Labute approximate surface area is 177 Å². The summed E-state index contributed by atoms with van der Waals surface area (Å²) in [6, 6.07) is 9.70. The molecule has 0 atom stereocenters. The highest BCUT2D eigenvalue weighted by atomic mass is 32.2. The zero-order valence-corrected chi connectivity index (χ0v) is 18.2. The van der Waals surface area contributed by atoms with Crippen LogP contribution in [0.1, 0.15) is 19.4 Å². The number of methoxy groups -OCH3 is 1. The van der Waals surface area contributed by atoms with Crippen LogP contribution in [-0.4, -0.2) is 30.4 Å². The Balaban J connectivity index is 1.99. The summed E-state index contributed by atoms with van der Waals surface area (Å²) in [6.07, 6.45) is 0. The van der Waals surface area contributed by atoms with Gasteiger partial charge in [0.15, 0.2) is 0 Å². The van der Waals surface area contributed by atoms with E-state index < -0.39 is 0 Å². The van der Waals surface area contributed by atoms with Crippen molar-refractivity contribution in [3.8, 4) is 5.75 Å². The van der Waals surface area contributed by atoms with Gasteiger partial charge in [-0.1, -0.05) is 22.4 Å². The van der Waals surface area contributed by atoms with Crippen LogP contribution in [0.2, 0.25) is 0 Å². The van der Waals surface area contributed by atoms with Gasteiger partial charge in [-0.15, -0.1) is 14.6 Å². The second-order valence-corrected chi connectivity index (χ2v) is 7.81. The van der Waals surface area contributed by atoms with Crippen molar-refractivity contribution in [3.05, 3.63) is 35.9 Å². The van der Waals surface area contributed by atoms with Crippen molar-refractivity contribution in [2.45, 2.75) is 25.7 Å². The van der Waals surface area contributed by atoms with Crippen LogP contribution in [0.5, 0.6) is 5.75 Å². The number of azo groups is 1. The number of hydrogen-bond acceptors (Lipinski definition) is 10. The molecule has 1 aromatic heterocycles. The molecular formula is C19H22N4O4S2. The van der Waals surface area contributed by atoms with Gasteiger partial charge in [0.25, 0.3) is 0 Å². The van der Waals surface area contributed by atoms with Crippen LogP contribution in [0.15, 0.2) is 45.5 Å². The summed E-state index contributed by atoms with van der Waals surface area (Å²) in [7, 11) is 1.61. The van der Waals surface area contributed by atoms with Crippen molar-refractivity contribution >= 4 is 50.1 Å². The molecule has 3 rings (SSSR count). The SMILES string of the molecule is CCN(CC)c1cc(SOOO)c(/N=N/c2nc3ccc(C)cc3s2)cc1OC. The average molecular weight is 435 g/mol. The molecule has 1 heterocycles. The number of benzene rings is 2. The summed E-state index contributed by atoms with van der Waals surface area (Å²) in [6.45, 7) is 7.77. The molecule has 0 aliphatic heterocycles. The molecule has 0 saturated carbocycles.